The van der Waals surface area contributed by atoms with Crippen LogP contribution < -0.4 is 4.74 Å². The van der Waals surface area contributed by atoms with Crippen molar-refractivity contribution in [1.82, 2.24) is 9.78 Å². The fraction of sp³-hybridized carbons (Fsp3) is 0.150. The molecule has 0 aliphatic rings. The number of carbonyl (C=O) groups is 2. The minimum absolute atomic E-state index is 0.139. The van der Waals surface area contributed by atoms with Gasteiger partial charge in [0.25, 0.3) is 0 Å². The van der Waals surface area contributed by atoms with E-state index >= 15 is 0 Å². The summed E-state index contributed by atoms with van der Waals surface area (Å²) in [5.41, 5.74) is 1.71. The van der Waals surface area contributed by atoms with Crippen molar-refractivity contribution in [1.29, 1.82) is 0 Å². The number of aromatic nitrogens is 2. The Morgan fingerprint density at radius 2 is 1.74 bits per heavy atom. The molecule has 0 aliphatic carbocycles. The van der Waals surface area contributed by atoms with E-state index in [1.54, 1.807) is 38.3 Å². The van der Waals surface area contributed by atoms with E-state index in [1.807, 2.05) is 30.3 Å². The van der Waals surface area contributed by atoms with Crippen molar-refractivity contribution in [3.05, 3.63) is 76.6 Å². The van der Waals surface area contributed by atoms with Crippen molar-refractivity contribution in [2.24, 2.45) is 0 Å². The Balaban J connectivity index is 1.73. The Kier molecular flexibility index (Phi) is 5.57. The zero-order valence-electron chi connectivity index (χ0n) is 14.8. The summed E-state index contributed by atoms with van der Waals surface area (Å²) in [4.78, 5) is 24.6. The van der Waals surface area contributed by atoms with Crippen LogP contribution in [-0.4, -0.2) is 35.2 Å². The molecule has 0 atom stereocenters. The molecule has 3 rings (SSSR count). The average molecular weight is 385 g/mol. The van der Waals surface area contributed by atoms with Crippen molar-refractivity contribution >= 4 is 23.4 Å². The number of Topliss-reactive ketones (excluding diaryl/α,β-unsaturated/α-hetero) is 1. The second kappa shape index (κ2) is 8.05. The van der Waals surface area contributed by atoms with E-state index in [2.05, 4.69) is 5.10 Å². The molecule has 0 N–H and O–H groups in total. The Morgan fingerprint density at radius 3 is 2.37 bits per heavy atom. The third kappa shape index (κ3) is 4.01. The molecule has 0 unspecified atom stereocenters. The number of nitrogens with zero attached hydrogens (tertiary/aromatic N) is 2. The summed E-state index contributed by atoms with van der Waals surface area (Å²) < 4.78 is 11.7. The lowest BCUT2D eigenvalue weighted by molar-refractivity contribution is 0.0474. The third-order valence-electron chi connectivity index (χ3n) is 3.96. The summed E-state index contributed by atoms with van der Waals surface area (Å²) >= 11 is 6.33. The van der Waals surface area contributed by atoms with Crippen LogP contribution in [0.1, 0.15) is 26.4 Å². The van der Waals surface area contributed by atoms with Crippen molar-refractivity contribution in [2.75, 3.05) is 13.7 Å². The molecule has 0 radical (unpaired) electrons. The zero-order chi connectivity index (χ0) is 19.4. The van der Waals surface area contributed by atoms with E-state index in [1.165, 1.54) is 4.68 Å². The molecule has 0 bridgehead atoms. The highest BCUT2D eigenvalue weighted by molar-refractivity contribution is 6.33. The molecule has 0 spiro atoms. The summed E-state index contributed by atoms with van der Waals surface area (Å²) in [6.07, 6.45) is 0. The fourth-order valence-electron chi connectivity index (χ4n) is 2.53. The average Bonchev–Trinajstić information content (AvgIpc) is 3.00. The molecule has 1 heterocycles. The van der Waals surface area contributed by atoms with Crippen molar-refractivity contribution in [3.63, 3.8) is 0 Å². The summed E-state index contributed by atoms with van der Waals surface area (Å²) in [6, 6.07) is 15.7. The first-order valence-electron chi connectivity index (χ1n) is 8.16. The van der Waals surface area contributed by atoms with Crippen molar-refractivity contribution in [2.45, 2.75) is 6.92 Å². The molecule has 0 saturated heterocycles. The number of benzene rings is 2. The SMILES string of the molecule is COc1ccc(C(=O)COC(=O)c2c(C)nn(-c3ccccc3)c2Cl)cc1. The van der Waals surface area contributed by atoms with E-state index in [0.717, 1.165) is 5.69 Å². The summed E-state index contributed by atoms with van der Waals surface area (Å²) in [7, 11) is 1.54. The predicted molar refractivity (Wildman–Crippen MR) is 101 cm³/mol. The number of aryl methyl sites for hydroxylation is 1. The molecule has 27 heavy (non-hydrogen) atoms. The fourth-order valence-corrected chi connectivity index (χ4v) is 2.88. The maximum absolute atomic E-state index is 12.4. The molecule has 0 saturated carbocycles. The van der Waals surface area contributed by atoms with E-state index < -0.39 is 12.6 Å². The molecular weight excluding hydrogens is 368 g/mol. The topological polar surface area (TPSA) is 70.4 Å². The van der Waals surface area contributed by atoms with Gasteiger partial charge in [-0.1, -0.05) is 29.8 Å². The van der Waals surface area contributed by atoms with Gasteiger partial charge in [0.2, 0.25) is 0 Å². The standard InChI is InChI=1S/C20H17ClN2O4/c1-13-18(19(21)23(22-13)15-6-4-3-5-7-15)20(25)27-12-17(24)14-8-10-16(26-2)11-9-14/h3-11H,12H2,1-2H3. The number of ether oxygens (including phenoxy) is 2. The zero-order valence-corrected chi connectivity index (χ0v) is 15.6. The lowest BCUT2D eigenvalue weighted by Crippen LogP contribution is -2.15. The molecule has 6 nitrogen and oxygen atoms in total. The monoisotopic (exact) mass is 384 g/mol. The van der Waals surface area contributed by atoms with Crippen molar-refractivity contribution in [3.8, 4) is 11.4 Å². The van der Waals surface area contributed by atoms with Gasteiger partial charge in [-0.2, -0.15) is 5.10 Å². The van der Waals surface area contributed by atoms with Crippen LogP contribution in [-0.2, 0) is 4.74 Å². The minimum Gasteiger partial charge on any atom is -0.497 e. The normalized spacial score (nSPS) is 10.5. The molecule has 1 aromatic heterocycles. The molecule has 0 aliphatic heterocycles. The van der Waals surface area contributed by atoms with Gasteiger partial charge in [0, 0.05) is 5.56 Å². The smallest absolute Gasteiger partial charge is 0.343 e. The van der Waals surface area contributed by atoms with Crippen LogP contribution in [0.4, 0.5) is 0 Å². The predicted octanol–water partition coefficient (Wildman–Crippen LogP) is 3.88. The van der Waals surface area contributed by atoms with Gasteiger partial charge in [0.05, 0.1) is 18.5 Å². The molecule has 7 heteroatoms. The highest BCUT2D eigenvalue weighted by atomic mass is 35.5. The van der Waals surface area contributed by atoms with Gasteiger partial charge in [-0.05, 0) is 43.3 Å². The first kappa shape index (κ1) is 18.7. The molecule has 2 aromatic carbocycles. The number of rotatable bonds is 6. The van der Waals surface area contributed by atoms with Gasteiger partial charge >= 0.3 is 5.97 Å². The van der Waals surface area contributed by atoms with Crippen molar-refractivity contribution < 1.29 is 19.1 Å². The van der Waals surface area contributed by atoms with Gasteiger partial charge in [-0.3, -0.25) is 4.79 Å². The van der Waals surface area contributed by atoms with Gasteiger partial charge < -0.3 is 9.47 Å². The molecule has 138 valence electrons. The number of ketones is 1. The van der Waals surface area contributed by atoms with E-state index in [-0.39, 0.29) is 16.5 Å². The lowest BCUT2D eigenvalue weighted by Gasteiger charge is -2.06. The number of methoxy groups -OCH3 is 1. The third-order valence-corrected chi connectivity index (χ3v) is 4.30. The Bertz CT molecular complexity index is 966. The van der Waals surface area contributed by atoms with E-state index in [4.69, 9.17) is 21.1 Å². The first-order valence-corrected chi connectivity index (χ1v) is 8.54. The number of hydrogen-bond donors (Lipinski definition) is 0. The second-order valence-electron chi connectivity index (χ2n) is 5.73. The van der Waals surface area contributed by atoms with Crippen LogP contribution in [0, 0.1) is 6.92 Å². The molecule has 3 aromatic rings. The minimum atomic E-state index is -0.693. The lowest BCUT2D eigenvalue weighted by atomic mass is 10.1. The number of halogens is 1. The highest BCUT2D eigenvalue weighted by Gasteiger charge is 2.23. The van der Waals surface area contributed by atoms with Gasteiger partial charge in [0.15, 0.2) is 12.4 Å². The van der Waals surface area contributed by atoms with Crippen LogP contribution >= 0.6 is 11.6 Å². The largest absolute Gasteiger partial charge is 0.497 e. The highest BCUT2D eigenvalue weighted by Crippen LogP contribution is 2.24. The number of para-hydroxylation sites is 1. The maximum atomic E-state index is 12.4. The summed E-state index contributed by atoms with van der Waals surface area (Å²) in [5.74, 6) is -0.379. The summed E-state index contributed by atoms with van der Waals surface area (Å²) in [6.45, 7) is 1.27. The quantitative estimate of drug-likeness (QED) is 0.476. The van der Waals surface area contributed by atoms with Crippen LogP contribution in [0.15, 0.2) is 54.6 Å². The molecular formula is C20H17ClN2O4. The Hall–Kier alpha value is -3.12. The number of hydrogen-bond acceptors (Lipinski definition) is 5. The Labute approximate surface area is 161 Å². The number of carbonyl (C=O) groups excluding carboxylic acids is 2. The van der Waals surface area contributed by atoms with Crippen LogP contribution in [0.3, 0.4) is 0 Å². The van der Waals surface area contributed by atoms with E-state index in [0.29, 0.717) is 17.0 Å². The van der Waals surface area contributed by atoms with Gasteiger partial charge in [-0.15, -0.1) is 0 Å². The second-order valence-corrected chi connectivity index (χ2v) is 6.08. The van der Waals surface area contributed by atoms with Crippen LogP contribution in [0.2, 0.25) is 5.15 Å². The summed E-state index contributed by atoms with van der Waals surface area (Å²) in [5, 5.41) is 4.43. The van der Waals surface area contributed by atoms with Gasteiger partial charge in [-0.25, -0.2) is 9.48 Å². The van der Waals surface area contributed by atoms with Crippen LogP contribution in [0.25, 0.3) is 5.69 Å². The first-order chi connectivity index (χ1) is 13.0. The number of esters is 1. The Morgan fingerprint density at radius 1 is 1.07 bits per heavy atom. The molecule has 0 fully saturated rings. The van der Waals surface area contributed by atoms with Crippen LogP contribution in [0.5, 0.6) is 5.75 Å². The van der Waals surface area contributed by atoms with E-state index in [9.17, 15) is 9.59 Å². The van der Waals surface area contributed by atoms with Gasteiger partial charge in [0.1, 0.15) is 16.5 Å². The maximum Gasteiger partial charge on any atom is 0.343 e. The molecule has 0 amide bonds.